The summed E-state index contributed by atoms with van der Waals surface area (Å²) in [6.45, 7) is 7.34. The number of aromatic nitrogens is 3. The summed E-state index contributed by atoms with van der Waals surface area (Å²) in [5, 5.41) is 14.4. The molecule has 35 heavy (non-hydrogen) atoms. The van der Waals surface area contributed by atoms with Crippen LogP contribution in [0.1, 0.15) is 27.8 Å². The number of H-pyrrole nitrogens is 1. The Bertz CT molecular complexity index is 1400. The van der Waals surface area contributed by atoms with Gasteiger partial charge in [-0.05, 0) is 54.9 Å². The third-order valence-electron chi connectivity index (χ3n) is 6.63. The summed E-state index contributed by atoms with van der Waals surface area (Å²) >= 11 is 0. The van der Waals surface area contributed by atoms with Crippen molar-refractivity contribution < 1.29 is 0 Å². The van der Waals surface area contributed by atoms with Crippen LogP contribution in [-0.2, 0) is 6.54 Å². The number of aromatic amines is 1. The van der Waals surface area contributed by atoms with Crippen molar-refractivity contribution in [3.63, 3.8) is 0 Å². The summed E-state index contributed by atoms with van der Waals surface area (Å²) < 4.78 is 0. The molecular weight excluding hydrogens is 434 g/mol. The van der Waals surface area contributed by atoms with E-state index in [0.29, 0.717) is 5.56 Å². The number of piperazine rings is 1. The van der Waals surface area contributed by atoms with Gasteiger partial charge in [-0.2, -0.15) is 5.26 Å². The Hall–Kier alpha value is -3.99. The molecule has 0 radical (unpaired) electrons. The van der Waals surface area contributed by atoms with Gasteiger partial charge in [-0.3, -0.25) is 14.9 Å². The molecule has 1 saturated heterocycles. The van der Waals surface area contributed by atoms with E-state index in [1.165, 1.54) is 5.56 Å². The average molecular weight is 464 g/mol. The topological polar surface area (TPSA) is 83.9 Å². The highest BCUT2D eigenvalue weighted by molar-refractivity contribution is 5.90. The first kappa shape index (κ1) is 22.8. The van der Waals surface area contributed by atoms with E-state index >= 15 is 0 Å². The van der Waals surface area contributed by atoms with E-state index in [1.54, 1.807) is 12.4 Å². The Labute approximate surface area is 205 Å². The molecule has 3 aromatic heterocycles. The molecule has 0 aliphatic carbocycles. The molecule has 0 spiro atoms. The number of rotatable bonds is 6. The molecule has 0 amide bonds. The fourth-order valence-corrected chi connectivity index (χ4v) is 4.52. The van der Waals surface area contributed by atoms with Crippen molar-refractivity contribution in [3.8, 4) is 6.07 Å². The summed E-state index contributed by atoms with van der Waals surface area (Å²) in [6, 6.07) is 10.6. The second-order valence-electron chi connectivity index (χ2n) is 9.10. The van der Waals surface area contributed by atoms with Gasteiger partial charge in [-0.1, -0.05) is 12.2 Å². The minimum absolute atomic E-state index is 0.502. The number of nitrogens with one attached hydrogen (secondary N) is 2. The van der Waals surface area contributed by atoms with Crippen molar-refractivity contribution in [2.24, 2.45) is 0 Å². The van der Waals surface area contributed by atoms with Gasteiger partial charge < -0.3 is 15.2 Å². The van der Waals surface area contributed by atoms with E-state index < -0.39 is 0 Å². The van der Waals surface area contributed by atoms with Crippen molar-refractivity contribution in [3.05, 3.63) is 83.1 Å². The maximum atomic E-state index is 9.75. The number of hydrogen-bond acceptors (Lipinski definition) is 6. The number of nitrogens with zero attached hydrogens (tertiary/aromatic N) is 5. The number of benzene rings is 1. The zero-order valence-corrected chi connectivity index (χ0v) is 20.1. The quantitative estimate of drug-likeness (QED) is 0.427. The van der Waals surface area contributed by atoms with Crippen LogP contribution in [0, 0.1) is 18.3 Å². The van der Waals surface area contributed by atoms with Gasteiger partial charge in [0.1, 0.15) is 6.07 Å². The van der Waals surface area contributed by atoms with Crippen molar-refractivity contribution in [1.82, 2.24) is 24.8 Å². The predicted molar refractivity (Wildman–Crippen MR) is 141 cm³/mol. The molecule has 1 aliphatic heterocycles. The molecule has 1 aromatic carbocycles. The first-order valence-electron chi connectivity index (χ1n) is 11.9. The van der Waals surface area contributed by atoms with Gasteiger partial charge in [0, 0.05) is 85.9 Å². The molecule has 4 heterocycles. The molecule has 7 heteroatoms. The van der Waals surface area contributed by atoms with Crippen molar-refractivity contribution in [1.29, 1.82) is 5.26 Å². The molecule has 176 valence electrons. The molecule has 0 saturated carbocycles. The van der Waals surface area contributed by atoms with Gasteiger partial charge in [0.15, 0.2) is 0 Å². The fraction of sp³-hybridized carbons (Fsp3) is 0.250. The third-order valence-corrected chi connectivity index (χ3v) is 6.63. The molecule has 0 unspecified atom stereocenters. The third kappa shape index (κ3) is 5.09. The SMILES string of the molecule is Cc1c(Nc2c(C#N)cncc2/C=C/c2cncc(CN3CCN(C)CC3)c2)ccc2[nH]ccc12. The van der Waals surface area contributed by atoms with E-state index in [9.17, 15) is 5.26 Å². The second kappa shape index (κ2) is 10.1. The van der Waals surface area contributed by atoms with Crippen molar-refractivity contribution in [2.75, 3.05) is 38.5 Å². The van der Waals surface area contributed by atoms with E-state index in [-0.39, 0.29) is 0 Å². The Balaban J connectivity index is 1.39. The molecule has 5 rings (SSSR count). The highest BCUT2D eigenvalue weighted by Crippen LogP contribution is 2.31. The Morgan fingerprint density at radius 1 is 1.06 bits per heavy atom. The summed E-state index contributed by atoms with van der Waals surface area (Å²) in [4.78, 5) is 16.8. The average Bonchev–Trinajstić information content (AvgIpc) is 3.36. The standard InChI is InChI=1S/C28H29N7/c1-20-25-7-8-32-27(25)6-5-26(20)33-28-23(17-31-18-24(28)14-29)4-3-21-13-22(16-30-15-21)19-35-11-9-34(2)10-12-35/h3-8,13,15-18,32H,9-12,19H2,1-2H3,(H,31,33)/b4-3+. The Kier molecular flexibility index (Phi) is 6.57. The fourth-order valence-electron chi connectivity index (χ4n) is 4.52. The minimum Gasteiger partial charge on any atom is -0.361 e. The lowest BCUT2D eigenvalue weighted by atomic mass is 10.1. The lowest BCUT2D eigenvalue weighted by Crippen LogP contribution is -2.43. The molecular formula is C28H29N7. The van der Waals surface area contributed by atoms with Gasteiger partial charge in [0.05, 0.1) is 11.3 Å². The first-order valence-corrected chi connectivity index (χ1v) is 11.9. The number of likely N-dealkylation sites (N-methyl/N-ethyl adjacent to an activating group) is 1. The molecule has 1 fully saturated rings. The molecule has 7 nitrogen and oxygen atoms in total. The zero-order chi connectivity index (χ0) is 24.2. The monoisotopic (exact) mass is 463 g/mol. The molecule has 0 atom stereocenters. The predicted octanol–water partition coefficient (Wildman–Crippen LogP) is 4.80. The molecule has 0 bridgehead atoms. The van der Waals surface area contributed by atoms with Gasteiger partial charge in [0.2, 0.25) is 0 Å². The lowest BCUT2D eigenvalue weighted by Gasteiger charge is -2.32. The van der Waals surface area contributed by atoms with E-state index in [4.69, 9.17) is 0 Å². The maximum absolute atomic E-state index is 9.75. The van der Waals surface area contributed by atoms with Crippen LogP contribution in [0.5, 0.6) is 0 Å². The summed E-state index contributed by atoms with van der Waals surface area (Å²) in [5.74, 6) is 0. The van der Waals surface area contributed by atoms with Crippen LogP contribution in [0.3, 0.4) is 0 Å². The minimum atomic E-state index is 0.502. The number of aryl methyl sites for hydroxylation is 1. The van der Waals surface area contributed by atoms with Gasteiger partial charge in [0.25, 0.3) is 0 Å². The summed E-state index contributed by atoms with van der Waals surface area (Å²) in [5.41, 5.74) is 7.50. The first-order chi connectivity index (χ1) is 17.1. The van der Waals surface area contributed by atoms with Crippen LogP contribution in [0.2, 0.25) is 0 Å². The number of hydrogen-bond donors (Lipinski definition) is 2. The van der Waals surface area contributed by atoms with E-state index in [0.717, 1.165) is 71.7 Å². The summed E-state index contributed by atoms with van der Waals surface area (Å²) in [7, 11) is 2.17. The summed E-state index contributed by atoms with van der Waals surface area (Å²) in [6.07, 6.45) is 13.2. The maximum Gasteiger partial charge on any atom is 0.103 e. The highest BCUT2D eigenvalue weighted by Gasteiger charge is 2.14. The van der Waals surface area contributed by atoms with Gasteiger partial charge >= 0.3 is 0 Å². The number of nitriles is 1. The number of fused-ring (bicyclic) bond motifs is 1. The number of anilines is 2. The van der Waals surface area contributed by atoms with Crippen molar-refractivity contribution in [2.45, 2.75) is 13.5 Å². The lowest BCUT2D eigenvalue weighted by molar-refractivity contribution is 0.148. The Morgan fingerprint density at radius 2 is 1.89 bits per heavy atom. The molecule has 2 N–H and O–H groups in total. The highest BCUT2D eigenvalue weighted by atomic mass is 15.2. The van der Waals surface area contributed by atoms with Crippen LogP contribution < -0.4 is 5.32 Å². The van der Waals surface area contributed by atoms with E-state index in [1.807, 2.05) is 42.9 Å². The van der Waals surface area contributed by atoms with Crippen LogP contribution in [-0.4, -0.2) is 58.0 Å². The zero-order valence-electron chi connectivity index (χ0n) is 20.1. The smallest absolute Gasteiger partial charge is 0.103 e. The van der Waals surface area contributed by atoms with Crippen LogP contribution in [0.25, 0.3) is 23.1 Å². The second-order valence-corrected chi connectivity index (χ2v) is 9.10. The van der Waals surface area contributed by atoms with Gasteiger partial charge in [-0.25, -0.2) is 0 Å². The largest absolute Gasteiger partial charge is 0.361 e. The van der Waals surface area contributed by atoms with Gasteiger partial charge in [-0.15, -0.1) is 0 Å². The molecule has 1 aliphatic rings. The normalized spacial score (nSPS) is 15.0. The van der Waals surface area contributed by atoms with Crippen LogP contribution >= 0.6 is 0 Å². The van der Waals surface area contributed by atoms with Crippen LogP contribution in [0.15, 0.2) is 55.2 Å². The molecule has 4 aromatic rings. The Morgan fingerprint density at radius 3 is 2.71 bits per heavy atom. The van der Waals surface area contributed by atoms with Crippen LogP contribution in [0.4, 0.5) is 11.4 Å². The van der Waals surface area contributed by atoms with Crippen molar-refractivity contribution >= 4 is 34.4 Å². The van der Waals surface area contributed by atoms with E-state index in [2.05, 4.69) is 62.2 Å². The number of pyridine rings is 2.